The summed E-state index contributed by atoms with van der Waals surface area (Å²) in [5, 5.41) is 0. The van der Waals surface area contributed by atoms with Crippen molar-refractivity contribution in [2.75, 3.05) is 0 Å². The Balaban J connectivity index is 2.66. The second-order valence-electron chi connectivity index (χ2n) is 2.26. The predicted octanol–water partition coefficient (Wildman–Crippen LogP) is 0.856. The molecule has 2 nitrogen and oxygen atoms in total. The zero-order valence-electron chi connectivity index (χ0n) is 5.43. The highest BCUT2D eigenvalue weighted by atomic mass is 14.6. The summed E-state index contributed by atoms with van der Waals surface area (Å²) in [7, 11) is 0. The van der Waals surface area contributed by atoms with Crippen molar-refractivity contribution in [1.29, 1.82) is 0 Å². The van der Waals surface area contributed by atoms with Crippen LogP contribution in [0.5, 0.6) is 0 Å². The van der Waals surface area contributed by atoms with Crippen molar-refractivity contribution < 1.29 is 0 Å². The third-order valence-corrected chi connectivity index (χ3v) is 1.60. The third-order valence-electron chi connectivity index (χ3n) is 1.60. The predicted molar refractivity (Wildman–Crippen MR) is 38.4 cm³/mol. The first-order chi connectivity index (χ1) is 4.34. The van der Waals surface area contributed by atoms with Gasteiger partial charge in [-0.2, -0.15) is 0 Å². The molecule has 0 amide bonds. The molecule has 4 N–H and O–H groups in total. The maximum Gasteiger partial charge on any atom is 0.0114 e. The minimum absolute atomic E-state index is 1.01. The van der Waals surface area contributed by atoms with Gasteiger partial charge in [0.05, 0.1) is 0 Å². The summed E-state index contributed by atoms with van der Waals surface area (Å²) < 4.78 is 0. The molecular formula is C7H12N2. The van der Waals surface area contributed by atoms with Crippen molar-refractivity contribution in [3.05, 3.63) is 23.5 Å². The number of allylic oxidation sites excluding steroid dienone is 3. The average Bonchev–Trinajstić information content (AvgIpc) is 2.18. The van der Waals surface area contributed by atoms with Crippen LogP contribution in [0.2, 0.25) is 0 Å². The minimum Gasteiger partial charge on any atom is -0.405 e. The highest BCUT2D eigenvalue weighted by Crippen LogP contribution is 2.22. The average molecular weight is 124 g/mol. The van der Waals surface area contributed by atoms with Gasteiger partial charge in [-0.15, -0.1) is 0 Å². The third kappa shape index (κ3) is 1.25. The van der Waals surface area contributed by atoms with Gasteiger partial charge in [0.25, 0.3) is 0 Å². The minimum atomic E-state index is 1.01. The maximum atomic E-state index is 5.64. The molecule has 2 heteroatoms. The summed E-state index contributed by atoms with van der Waals surface area (Å²) in [6.07, 6.45) is 6.76. The molecule has 0 unspecified atom stereocenters. The van der Waals surface area contributed by atoms with Crippen molar-refractivity contribution in [3.8, 4) is 0 Å². The van der Waals surface area contributed by atoms with Crippen LogP contribution in [0.3, 0.4) is 0 Å². The molecule has 0 aliphatic heterocycles. The van der Waals surface area contributed by atoms with Crippen LogP contribution in [0.4, 0.5) is 0 Å². The van der Waals surface area contributed by atoms with E-state index in [1.54, 1.807) is 6.20 Å². The molecule has 0 spiro atoms. The van der Waals surface area contributed by atoms with Crippen LogP contribution < -0.4 is 11.5 Å². The summed E-state index contributed by atoms with van der Waals surface area (Å²) in [5.74, 6) is 0. The molecule has 0 heterocycles. The van der Waals surface area contributed by atoms with Crippen molar-refractivity contribution in [2.24, 2.45) is 11.5 Å². The smallest absolute Gasteiger partial charge is 0.0114 e. The van der Waals surface area contributed by atoms with Crippen LogP contribution in [0, 0.1) is 0 Å². The molecule has 0 radical (unpaired) electrons. The van der Waals surface area contributed by atoms with Gasteiger partial charge in [0.2, 0.25) is 0 Å². The fraction of sp³-hybridized carbons (Fsp3) is 0.429. The fourth-order valence-corrected chi connectivity index (χ4v) is 1.10. The Morgan fingerprint density at radius 1 is 1.33 bits per heavy atom. The van der Waals surface area contributed by atoms with Crippen molar-refractivity contribution in [3.63, 3.8) is 0 Å². The second-order valence-corrected chi connectivity index (χ2v) is 2.26. The van der Waals surface area contributed by atoms with Gasteiger partial charge in [-0.3, -0.25) is 0 Å². The van der Waals surface area contributed by atoms with E-state index < -0.39 is 0 Å². The van der Waals surface area contributed by atoms with Gasteiger partial charge in [0.15, 0.2) is 0 Å². The zero-order chi connectivity index (χ0) is 6.69. The van der Waals surface area contributed by atoms with Gasteiger partial charge in [-0.05, 0) is 37.1 Å². The van der Waals surface area contributed by atoms with Gasteiger partial charge in [0.1, 0.15) is 0 Å². The highest BCUT2D eigenvalue weighted by Gasteiger charge is 2.07. The highest BCUT2D eigenvalue weighted by molar-refractivity contribution is 5.26. The first-order valence-corrected chi connectivity index (χ1v) is 3.20. The van der Waals surface area contributed by atoms with Gasteiger partial charge >= 0.3 is 0 Å². The number of hydrogen-bond donors (Lipinski definition) is 2. The topological polar surface area (TPSA) is 52.0 Å². The van der Waals surface area contributed by atoms with Crippen LogP contribution in [0.25, 0.3) is 0 Å². The molecule has 50 valence electrons. The maximum absolute atomic E-state index is 5.64. The Hall–Kier alpha value is -0.920. The van der Waals surface area contributed by atoms with E-state index in [1.165, 1.54) is 12.0 Å². The first-order valence-electron chi connectivity index (χ1n) is 3.20. The standard InChI is InChI=1S/C7H12N2/c8-5-4-6-2-1-3-7(6)9/h4-5H,1-3,8-9H2/b5-4-. The largest absolute Gasteiger partial charge is 0.405 e. The Bertz CT molecular complexity index is 156. The summed E-state index contributed by atoms with van der Waals surface area (Å²) in [6, 6.07) is 0. The molecule has 0 fully saturated rings. The molecule has 0 aromatic carbocycles. The lowest BCUT2D eigenvalue weighted by Gasteiger charge is -1.91. The first kappa shape index (κ1) is 6.20. The van der Waals surface area contributed by atoms with E-state index in [1.807, 2.05) is 6.08 Å². The Morgan fingerprint density at radius 2 is 2.11 bits per heavy atom. The van der Waals surface area contributed by atoms with E-state index in [0.29, 0.717) is 0 Å². The van der Waals surface area contributed by atoms with Crippen molar-refractivity contribution in [2.45, 2.75) is 19.3 Å². The monoisotopic (exact) mass is 124 g/mol. The van der Waals surface area contributed by atoms with E-state index in [0.717, 1.165) is 18.5 Å². The number of nitrogens with two attached hydrogens (primary N) is 2. The van der Waals surface area contributed by atoms with E-state index in [9.17, 15) is 0 Å². The summed E-state index contributed by atoms with van der Waals surface area (Å²) in [5.41, 5.74) is 13.1. The van der Waals surface area contributed by atoms with E-state index in [4.69, 9.17) is 11.5 Å². The van der Waals surface area contributed by atoms with Crippen LogP contribution in [-0.2, 0) is 0 Å². The Labute approximate surface area is 55.2 Å². The van der Waals surface area contributed by atoms with Gasteiger partial charge in [0, 0.05) is 5.70 Å². The second kappa shape index (κ2) is 2.58. The molecule has 1 aliphatic carbocycles. The summed E-state index contributed by atoms with van der Waals surface area (Å²) >= 11 is 0. The number of rotatable bonds is 1. The number of hydrogen-bond acceptors (Lipinski definition) is 2. The molecule has 0 aromatic heterocycles. The van der Waals surface area contributed by atoms with Crippen molar-refractivity contribution in [1.82, 2.24) is 0 Å². The van der Waals surface area contributed by atoms with Crippen molar-refractivity contribution >= 4 is 0 Å². The molecule has 0 saturated carbocycles. The van der Waals surface area contributed by atoms with E-state index >= 15 is 0 Å². The molecule has 0 bridgehead atoms. The van der Waals surface area contributed by atoms with E-state index in [-0.39, 0.29) is 0 Å². The molecule has 0 atom stereocenters. The molecule has 9 heavy (non-hydrogen) atoms. The lowest BCUT2D eigenvalue weighted by Crippen LogP contribution is -1.94. The molecule has 0 aromatic rings. The lowest BCUT2D eigenvalue weighted by atomic mass is 10.2. The Kier molecular flexibility index (Phi) is 1.78. The van der Waals surface area contributed by atoms with Gasteiger partial charge in [-0.1, -0.05) is 0 Å². The quantitative estimate of drug-likeness (QED) is 0.544. The Morgan fingerprint density at radius 3 is 2.56 bits per heavy atom. The molecule has 0 saturated heterocycles. The van der Waals surface area contributed by atoms with Crippen LogP contribution in [0.1, 0.15) is 19.3 Å². The fourth-order valence-electron chi connectivity index (χ4n) is 1.10. The van der Waals surface area contributed by atoms with Gasteiger partial charge in [-0.25, -0.2) is 0 Å². The summed E-state index contributed by atoms with van der Waals surface area (Å²) in [6.45, 7) is 0. The summed E-state index contributed by atoms with van der Waals surface area (Å²) in [4.78, 5) is 0. The SMILES string of the molecule is N/C=C\C1=C(N)CCC1. The molecule has 1 aliphatic rings. The molecule has 1 rings (SSSR count). The van der Waals surface area contributed by atoms with E-state index in [2.05, 4.69) is 0 Å². The van der Waals surface area contributed by atoms with Crippen LogP contribution in [-0.4, -0.2) is 0 Å². The lowest BCUT2D eigenvalue weighted by molar-refractivity contribution is 0.894. The van der Waals surface area contributed by atoms with Crippen LogP contribution >= 0.6 is 0 Å². The van der Waals surface area contributed by atoms with Gasteiger partial charge < -0.3 is 11.5 Å². The van der Waals surface area contributed by atoms with Crippen LogP contribution in [0.15, 0.2) is 23.5 Å². The zero-order valence-corrected chi connectivity index (χ0v) is 5.43. The molecular weight excluding hydrogens is 112 g/mol. The normalized spacial score (nSPS) is 20.0.